The number of aromatic carboxylic acids is 1. The predicted molar refractivity (Wildman–Crippen MR) is 60.2 cm³/mol. The Kier molecular flexibility index (Phi) is 7.01. The Morgan fingerprint density at radius 2 is 1.50 bits per heavy atom. The molecule has 0 spiro atoms. The van der Waals surface area contributed by atoms with E-state index in [1.807, 2.05) is 0 Å². The van der Waals surface area contributed by atoms with Gasteiger partial charge in [0.15, 0.2) is 11.5 Å². The van der Waals surface area contributed by atoms with E-state index in [2.05, 4.69) is 0 Å². The number of carboxylic acids is 1. The van der Waals surface area contributed by atoms with Gasteiger partial charge in [-0.05, 0) is 12.1 Å². The van der Waals surface area contributed by atoms with Crippen molar-refractivity contribution in [1.29, 1.82) is 0 Å². The van der Waals surface area contributed by atoms with Gasteiger partial charge in [-0.25, -0.2) is 4.79 Å². The van der Waals surface area contributed by atoms with Gasteiger partial charge in [-0.1, -0.05) is 0 Å². The minimum absolute atomic E-state index is 0. The number of carboxylic acid groups (broad SMARTS) is 1. The topological polar surface area (TPSA) is 65.0 Å². The van der Waals surface area contributed by atoms with Crippen LogP contribution in [-0.2, 0) is 0 Å². The molecule has 1 rings (SSSR count). The molecule has 0 unspecified atom stereocenters. The van der Waals surface area contributed by atoms with E-state index in [1.165, 1.54) is 33.5 Å². The van der Waals surface area contributed by atoms with Crippen molar-refractivity contribution >= 4 is 57.4 Å². The zero-order valence-electron chi connectivity index (χ0n) is 8.73. The molecule has 0 amide bonds. The van der Waals surface area contributed by atoms with Crippen molar-refractivity contribution in [3.8, 4) is 17.2 Å². The third-order valence-electron chi connectivity index (χ3n) is 1.91. The first-order chi connectivity index (χ1) is 7.13. The normalized spacial score (nSPS) is 8.94. The first kappa shape index (κ1) is 15.7. The Morgan fingerprint density at radius 1 is 1.06 bits per heavy atom. The fourth-order valence-corrected chi connectivity index (χ4v) is 1.20. The molecule has 0 atom stereocenters. The zero-order chi connectivity index (χ0) is 11.4. The molecule has 0 bridgehead atoms. The quantitative estimate of drug-likeness (QED) is 0.802. The second kappa shape index (κ2) is 7.13. The van der Waals surface area contributed by atoms with Gasteiger partial charge < -0.3 is 19.3 Å². The molecule has 0 aliphatic heterocycles. The third kappa shape index (κ3) is 3.36. The summed E-state index contributed by atoms with van der Waals surface area (Å²) in [6.07, 6.45) is 0. The molecule has 0 aromatic heterocycles. The number of rotatable bonds is 4. The van der Waals surface area contributed by atoms with Gasteiger partial charge in [0.1, 0.15) is 0 Å². The van der Waals surface area contributed by atoms with Crippen LogP contribution in [0.1, 0.15) is 10.4 Å². The summed E-state index contributed by atoms with van der Waals surface area (Å²) in [5.41, 5.74) is 0.0875. The summed E-state index contributed by atoms with van der Waals surface area (Å²) in [7, 11) is 4.33. The van der Waals surface area contributed by atoms with Crippen molar-refractivity contribution in [1.82, 2.24) is 0 Å². The van der Waals surface area contributed by atoms with E-state index in [4.69, 9.17) is 19.3 Å². The average Bonchev–Trinajstić information content (AvgIpc) is 2.26. The van der Waals surface area contributed by atoms with Crippen molar-refractivity contribution in [2.75, 3.05) is 21.3 Å². The Hall–Kier alpha value is -0.274. The number of carbonyl (C=O) groups is 1. The number of ether oxygens (including phenoxy) is 3. The third-order valence-corrected chi connectivity index (χ3v) is 1.91. The van der Waals surface area contributed by atoms with Crippen LogP contribution in [0, 0.1) is 0 Å². The van der Waals surface area contributed by atoms with Crippen LogP contribution in [0.2, 0.25) is 0 Å². The molecular formula is C10H13KO5. The van der Waals surface area contributed by atoms with Crippen LogP contribution >= 0.6 is 0 Å². The van der Waals surface area contributed by atoms with Gasteiger partial charge in [0.05, 0.1) is 26.9 Å². The van der Waals surface area contributed by atoms with Gasteiger partial charge in [0.25, 0.3) is 0 Å². The van der Waals surface area contributed by atoms with Crippen molar-refractivity contribution in [3.05, 3.63) is 17.7 Å². The molecular weight excluding hydrogens is 239 g/mol. The van der Waals surface area contributed by atoms with Crippen LogP contribution in [-0.4, -0.2) is 83.8 Å². The van der Waals surface area contributed by atoms with Gasteiger partial charge in [0.2, 0.25) is 5.75 Å². The zero-order valence-corrected chi connectivity index (χ0v) is 8.73. The molecule has 0 saturated carbocycles. The molecule has 0 saturated heterocycles. The van der Waals surface area contributed by atoms with E-state index < -0.39 is 5.97 Å². The summed E-state index contributed by atoms with van der Waals surface area (Å²) in [6.45, 7) is 0. The molecule has 0 radical (unpaired) electrons. The number of hydrogen-bond donors (Lipinski definition) is 1. The molecule has 16 heavy (non-hydrogen) atoms. The van der Waals surface area contributed by atoms with Crippen LogP contribution in [0.15, 0.2) is 12.1 Å². The van der Waals surface area contributed by atoms with Crippen LogP contribution < -0.4 is 14.2 Å². The Balaban J connectivity index is 0.00000225. The number of benzene rings is 1. The molecule has 0 aliphatic rings. The van der Waals surface area contributed by atoms with Gasteiger partial charge in [-0.2, -0.15) is 0 Å². The van der Waals surface area contributed by atoms with Crippen molar-refractivity contribution in [3.63, 3.8) is 0 Å². The molecule has 84 valence electrons. The van der Waals surface area contributed by atoms with Gasteiger partial charge in [-0.3, -0.25) is 0 Å². The SMILES string of the molecule is COc1cc(C(=O)O)cc(OC)c1OC.[KH]. The molecule has 1 aromatic rings. The van der Waals surface area contributed by atoms with E-state index in [9.17, 15) is 4.79 Å². The fourth-order valence-electron chi connectivity index (χ4n) is 1.20. The summed E-state index contributed by atoms with van der Waals surface area (Å²) in [5.74, 6) is -0.0113. The second-order valence-electron chi connectivity index (χ2n) is 2.72. The molecule has 0 fully saturated rings. The molecule has 0 heterocycles. The van der Waals surface area contributed by atoms with Gasteiger partial charge in [0, 0.05) is 0 Å². The average molecular weight is 252 g/mol. The standard InChI is InChI=1S/C10H12O5.K.H/c1-13-7-4-6(10(11)12)5-8(14-2)9(7)15-3;;/h4-5H,1-3H3,(H,11,12);;. The molecule has 6 heteroatoms. The fraction of sp³-hybridized carbons (Fsp3) is 0.300. The van der Waals surface area contributed by atoms with E-state index in [0.717, 1.165) is 0 Å². The van der Waals surface area contributed by atoms with Crippen LogP contribution in [0.25, 0.3) is 0 Å². The first-order valence-electron chi connectivity index (χ1n) is 4.17. The van der Waals surface area contributed by atoms with Crippen molar-refractivity contribution < 1.29 is 24.1 Å². The maximum absolute atomic E-state index is 10.8. The number of methoxy groups -OCH3 is 3. The van der Waals surface area contributed by atoms with E-state index in [-0.39, 0.29) is 56.9 Å². The Morgan fingerprint density at radius 3 is 1.75 bits per heavy atom. The molecule has 1 N–H and O–H groups in total. The first-order valence-corrected chi connectivity index (χ1v) is 4.17. The molecule has 0 aliphatic carbocycles. The second-order valence-corrected chi connectivity index (χ2v) is 2.72. The Bertz CT molecular complexity index is 352. The van der Waals surface area contributed by atoms with Crippen LogP contribution in [0.3, 0.4) is 0 Å². The predicted octanol–water partition coefficient (Wildman–Crippen LogP) is 0.762. The maximum atomic E-state index is 10.8. The van der Waals surface area contributed by atoms with E-state index in [1.54, 1.807) is 0 Å². The summed E-state index contributed by atoms with van der Waals surface area (Å²) < 4.78 is 15.1. The van der Waals surface area contributed by atoms with Crippen molar-refractivity contribution in [2.45, 2.75) is 0 Å². The molecule has 1 aromatic carbocycles. The Labute approximate surface area is 136 Å². The van der Waals surface area contributed by atoms with E-state index in [0.29, 0.717) is 17.2 Å². The summed E-state index contributed by atoms with van der Waals surface area (Å²) in [4.78, 5) is 10.8. The molecule has 5 nitrogen and oxygen atoms in total. The summed E-state index contributed by atoms with van der Waals surface area (Å²) >= 11 is 0. The minimum atomic E-state index is -1.05. The van der Waals surface area contributed by atoms with Crippen LogP contribution in [0.5, 0.6) is 17.2 Å². The van der Waals surface area contributed by atoms with Crippen LogP contribution in [0.4, 0.5) is 0 Å². The van der Waals surface area contributed by atoms with Gasteiger partial charge in [-0.15, -0.1) is 0 Å². The number of hydrogen-bond acceptors (Lipinski definition) is 4. The van der Waals surface area contributed by atoms with Gasteiger partial charge >= 0.3 is 57.4 Å². The monoisotopic (exact) mass is 252 g/mol. The summed E-state index contributed by atoms with van der Waals surface area (Å²) in [5, 5.41) is 8.84. The summed E-state index contributed by atoms with van der Waals surface area (Å²) in [6, 6.07) is 2.76. The van der Waals surface area contributed by atoms with E-state index >= 15 is 0 Å². The van der Waals surface area contributed by atoms with Crippen molar-refractivity contribution in [2.24, 2.45) is 0 Å².